The average molecular weight is 234 g/mol. The predicted molar refractivity (Wildman–Crippen MR) is 65.3 cm³/mol. The second-order valence-corrected chi connectivity index (χ2v) is 4.66. The lowest BCUT2D eigenvalue weighted by Crippen LogP contribution is -2.03. The van der Waals surface area contributed by atoms with E-state index in [1.54, 1.807) is 6.07 Å². The van der Waals surface area contributed by atoms with Crippen molar-refractivity contribution in [3.63, 3.8) is 0 Å². The van der Waals surface area contributed by atoms with E-state index in [1.165, 1.54) is 24.0 Å². The summed E-state index contributed by atoms with van der Waals surface area (Å²) in [5, 5.41) is 18.6. The molecule has 0 saturated heterocycles. The zero-order valence-corrected chi connectivity index (χ0v) is 9.91. The summed E-state index contributed by atoms with van der Waals surface area (Å²) >= 11 is 0. The molecule has 1 aromatic carbocycles. The van der Waals surface area contributed by atoms with Crippen molar-refractivity contribution >= 4 is 5.97 Å². The highest BCUT2D eigenvalue weighted by molar-refractivity contribution is 5.67. The third-order valence-electron chi connectivity index (χ3n) is 3.47. The summed E-state index contributed by atoms with van der Waals surface area (Å²) in [4.78, 5) is 10.6. The Hall–Kier alpha value is -1.51. The van der Waals surface area contributed by atoms with Crippen LogP contribution in [-0.4, -0.2) is 16.2 Å². The standard InChI is InChI=1S/C14H18O3/c15-13-8-6-10-4-2-1-3-5-11(10)12(13)7-9-14(16)17/h6,8,15H,1-5,7,9H2,(H,16,17). The number of carboxylic acids is 1. The van der Waals surface area contributed by atoms with E-state index in [9.17, 15) is 9.90 Å². The molecule has 1 aliphatic carbocycles. The Morgan fingerprint density at radius 2 is 1.94 bits per heavy atom. The van der Waals surface area contributed by atoms with Crippen LogP contribution < -0.4 is 0 Å². The van der Waals surface area contributed by atoms with Crippen molar-refractivity contribution in [1.29, 1.82) is 0 Å². The Balaban J connectivity index is 2.31. The predicted octanol–water partition coefficient (Wildman–Crippen LogP) is 2.68. The molecule has 17 heavy (non-hydrogen) atoms. The Labute approximate surface area is 101 Å². The van der Waals surface area contributed by atoms with Crippen LogP contribution in [-0.2, 0) is 24.1 Å². The molecule has 0 heterocycles. The Kier molecular flexibility index (Phi) is 3.67. The van der Waals surface area contributed by atoms with Crippen LogP contribution in [0.15, 0.2) is 12.1 Å². The fraction of sp³-hybridized carbons (Fsp3) is 0.500. The Morgan fingerprint density at radius 3 is 2.71 bits per heavy atom. The van der Waals surface area contributed by atoms with E-state index in [2.05, 4.69) is 0 Å². The normalized spacial score (nSPS) is 15.1. The van der Waals surface area contributed by atoms with Gasteiger partial charge in [0.05, 0.1) is 0 Å². The van der Waals surface area contributed by atoms with Gasteiger partial charge < -0.3 is 10.2 Å². The number of hydrogen-bond acceptors (Lipinski definition) is 2. The number of aliphatic carboxylic acids is 1. The third-order valence-corrected chi connectivity index (χ3v) is 3.47. The lowest BCUT2D eigenvalue weighted by Gasteiger charge is -2.13. The summed E-state index contributed by atoms with van der Waals surface area (Å²) in [6, 6.07) is 3.70. The molecule has 3 heteroatoms. The maximum atomic E-state index is 10.6. The highest BCUT2D eigenvalue weighted by atomic mass is 16.4. The molecule has 2 N–H and O–H groups in total. The zero-order valence-electron chi connectivity index (χ0n) is 9.91. The van der Waals surface area contributed by atoms with Crippen LogP contribution in [0, 0.1) is 0 Å². The molecule has 0 amide bonds. The number of hydrogen-bond donors (Lipinski definition) is 2. The summed E-state index contributed by atoms with van der Waals surface area (Å²) < 4.78 is 0. The number of carboxylic acid groups (broad SMARTS) is 1. The SMILES string of the molecule is O=C(O)CCc1c(O)ccc2c1CCCCC2. The van der Waals surface area contributed by atoms with E-state index in [-0.39, 0.29) is 12.2 Å². The van der Waals surface area contributed by atoms with Gasteiger partial charge in [0.25, 0.3) is 0 Å². The van der Waals surface area contributed by atoms with Crippen molar-refractivity contribution in [1.82, 2.24) is 0 Å². The zero-order chi connectivity index (χ0) is 12.3. The van der Waals surface area contributed by atoms with Gasteiger partial charge in [-0.2, -0.15) is 0 Å². The lowest BCUT2D eigenvalue weighted by atomic mass is 9.93. The summed E-state index contributed by atoms with van der Waals surface area (Å²) in [5.41, 5.74) is 3.34. The first-order valence-electron chi connectivity index (χ1n) is 6.23. The Morgan fingerprint density at radius 1 is 1.18 bits per heavy atom. The highest BCUT2D eigenvalue weighted by Crippen LogP contribution is 2.30. The molecule has 0 saturated carbocycles. The largest absolute Gasteiger partial charge is 0.508 e. The molecule has 1 aliphatic rings. The molecule has 0 spiro atoms. The molecule has 0 fully saturated rings. The van der Waals surface area contributed by atoms with E-state index in [0.717, 1.165) is 24.8 Å². The minimum atomic E-state index is -0.810. The van der Waals surface area contributed by atoms with Crippen LogP contribution in [0.25, 0.3) is 0 Å². The smallest absolute Gasteiger partial charge is 0.303 e. The maximum absolute atomic E-state index is 10.6. The van der Waals surface area contributed by atoms with Crippen molar-refractivity contribution in [2.24, 2.45) is 0 Å². The molecule has 0 bridgehead atoms. The van der Waals surface area contributed by atoms with Crippen LogP contribution in [0.2, 0.25) is 0 Å². The fourth-order valence-corrected chi connectivity index (χ4v) is 2.58. The number of fused-ring (bicyclic) bond motifs is 1. The molecule has 92 valence electrons. The molecular weight excluding hydrogens is 216 g/mol. The first-order chi connectivity index (χ1) is 8.18. The van der Waals surface area contributed by atoms with Gasteiger partial charge in [0.1, 0.15) is 5.75 Å². The van der Waals surface area contributed by atoms with Crippen molar-refractivity contribution < 1.29 is 15.0 Å². The van der Waals surface area contributed by atoms with E-state index in [4.69, 9.17) is 5.11 Å². The first kappa shape index (κ1) is 12.0. The van der Waals surface area contributed by atoms with Crippen molar-refractivity contribution in [2.45, 2.75) is 44.9 Å². The van der Waals surface area contributed by atoms with Gasteiger partial charge in [-0.15, -0.1) is 0 Å². The molecule has 0 radical (unpaired) electrons. The number of aromatic hydroxyl groups is 1. The van der Waals surface area contributed by atoms with Crippen LogP contribution in [0.3, 0.4) is 0 Å². The number of aryl methyl sites for hydroxylation is 1. The maximum Gasteiger partial charge on any atom is 0.303 e. The minimum absolute atomic E-state index is 0.0873. The first-order valence-corrected chi connectivity index (χ1v) is 6.23. The van der Waals surface area contributed by atoms with Gasteiger partial charge in [0.2, 0.25) is 0 Å². The average Bonchev–Trinajstić information content (AvgIpc) is 2.52. The number of benzene rings is 1. The fourth-order valence-electron chi connectivity index (χ4n) is 2.58. The summed E-state index contributed by atoms with van der Waals surface area (Å²) in [6.45, 7) is 0. The summed E-state index contributed by atoms with van der Waals surface area (Å²) in [7, 11) is 0. The molecule has 2 rings (SSSR count). The van der Waals surface area contributed by atoms with Gasteiger partial charge in [-0.05, 0) is 54.9 Å². The van der Waals surface area contributed by atoms with Gasteiger partial charge in [-0.3, -0.25) is 4.79 Å². The van der Waals surface area contributed by atoms with E-state index in [1.807, 2.05) is 6.07 Å². The van der Waals surface area contributed by atoms with Gasteiger partial charge >= 0.3 is 5.97 Å². The lowest BCUT2D eigenvalue weighted by molar-refractivity contribution is -0.136. The van der Waals surface area contributed by atoms with Crippen molar-refractivity contribution in [3.8, 4) is 5.75 Å². The van der Waals surface area contributed by atoms with E-state index in [0.29, 0.717) is 6.42 Å². The number of rotatable bonds is 3. The van der Waals surface area contributed by atoms with Gasteiger partial charge in [0, 0.05) is 6.42 Å². The molecular formula is C14H18O3. The highest BCUT2D eigenvalue weighted by Gasteiger charge is 2.15. The van der Waals surface area contributed by atoms with Gasteiger partial charge in [-0.25, -0.2) is 0 Å². The van der Waals surface area contributed by atoms with Crippen LogP contribution in [0.5, 0.6) is 5.75 Å². The van der Waals surface area contributed by atoms with Crippen molar-refractivity contribution in [3.05, 3.63) is 28.8 Å². The van der Waals surface area contributed by atoms with Gasteiger partial charge in [-0.1, -0.05) is 12.5 Å². The molecule has 0 aliphatic heterocycles. The second kappa shape index (κ2) is 5.21. The van der Waals surface area contributed by atoms with Crippen LogP contribution in [0.4, 0.5) is 0 Å². The molecule has 3 nitrogen and oxygen atoms in total. The van der Waals surface area contributed by atoms with Crippen molar-refractivity contribution in [2.75, 3.05) is 0 Å². The van der Waals surface area contributed by atoms with Gasteiger partial charge in [0.15, 0.2) is 0 Å². The third kappa shape index (κ3) is 2.78. The summed E-state index contributed by atoms with van der Waals surface area (Å²) in [5.74, 6) is -0.553. The molecule has 0 unspecified atom stereocenters. The Bertz CT molecular complexity index is 424. The van der Waals surface area contributed by atoms with E-state index >= 15 is 0 Å². The molecule has 0 atom stereocenters. The number of phenolic OH excluding ortho intramolecular Hbond substituents is 1. The minimum Gasteiger partial charge on any atom is -0.508 e. The quantitative estimate of drug-likeness (QED) is 0.790. The monoisotopic (exact) mass is 234 g/mol. The van der Waals surface area contributed by atoms with E-state index < -0.39 is 5.97 Å². The summed E-state index contributed by atoms with van der Waals surface area (Å²) in [6.07, 6.45) is 6.09. The second-order valence-electron chi connectivity index (χ2n) is 4.66. The topological polar surface area (TPSA) is 57.5 Å². The molecule has 0 aromatic heterocycles. The molecule has 1 aromatic rings. The van der Waals surface area contributed by atoms with Crippen LogP contribution in [0.1, 0.15) is 42.4 Å². The number of phenols is 1. The van der Waals surface area contributed by atoms with Crippen LogP contribution >= 0.6 is 0 Å². The number of carbonyl (C=O) groups is 1.